The van der Waals surface area contributed by atoms with Gasteiger partial charge >= 0.3 is 5.97 Å². The fraction of sp³-hybridized carbons (Fsp3) is 0.417. The molecule has 0 saturated carbocycles. The fourth-order valence-electron chi connectivity index (χ4n) is 1.31. The first kappa shape index (κ1) is 13.0. The van der Waals surface area contributed by atoms with E-state index in [0.29, 0.717) is 0 Å². The zero-order valence-electron chi connectivity index (χ0n) is 9.58. The quantitative estimate of drug-likeness (QED) is 0.687. The molecule has 0 heterocycles. The lowest BCUT2D eigenvalue weighted by Gasteiger charge is -2.22. The van der Waals surface area contributed by atoms with Crippen molar-refractivity contribution in [2.45, 2.75) is 19.3 Å². The van der Waals surface area contributed by atoms with Crippen molar-refractivity contribution in [2.24, 2.45) is 0 Å². The summed E-state index contributed by atoms with van der Waals surface area (Å²) in [5.74, 6) is -0.578. The Morgan fingerprint density at radius 1 is 1.50 bits per heavy atom. The molecule has 0 aliphatic carbocycles. The van der Waals surface area contributed by atoms with Gasteiger partial charge in [-0.1, -0.05) is 35.8 Å². The maximum absolute atomic E-state index is 11.4. The largest absolute Gasteiger partial charge is 0.507 e. The van der Waals surface area contributed by atoms with E-state index in [1.54, 1.807) is 6.07 Å². The Bertz CT molecular complexity index is 399. The van der Waals surface area contributed by atoms with Crippen LogP contribution < -0.4 is 0 Å². The van der Waals surface area contributed by atoms with Crippen LogP contribution in [0.2, 0.25) is 0 Å². The lowest BCUT2D eigenvalue weighted by Crippen LogP contribution is -2.19. The fourth-order valence-corrected chi connectivity index (χ4v) is 1.63. The molecule has 1 aromatic carbocycles. The Hall–Kier alpha value is -1.03. The van der Waals surface area contributed by atoms with E-state index in [9.17, 15) is 9.90 Å². The summed E-state index contributed by atoms with van der Waals surface area (Å²) < 4.78 is 4.61. The monoisotopic (exact) mass is 286 g/mol. The highest BCUT2D eigenvalue weighted by atomic mass is 79.9. The molecule has 0 atom stereocenters. The van der Waals surface area contributed by atoms with Crippen LogP contribution in [0.4, 0.5) is 0 Å². The van der Waals surface area contributed by atoms with Crippen molar-refractivity contribution in [1.82, 2.24) is 0 Å². The molecule has 0 bridgehead atoms. The second-order valence-electron chi connectivity index (χ2n) is 4.24. The molecule has 1 rings (SSSR count). The van der Waals surface area contributed by atoms with Gasteiger partial charge in [-0.05, 0) is 23.1 Å². The molecule has 16 heavy (non-hydrogen) atoms. The highest BCUT2D eigenvalue weighted by Crippen LogP contribution is 2.29. The van der Waals surface area contributed by atoms with Crippen LogP contribution in [0.1, 0.15) is 29.8 Å². The van der Waals surface area contributed by atoms with Gasteiger partial charge in [-0.15, -0.1) is 0 Å². The van der Waals surface area contributed by atoms with Gasteiger partial charge in [-0.3, -0.25) is 0 Å². The first-order chi connectivity index (χ1) is 7.42. The molecule has 88 valence electrons. The minimum Gasteiger partial charge on any atom is -0.507 e. The highest BCUT2D eigenvalue weighted by Gasteiger charge is 2.22. The Kier molecular flexibility index (Phi) is 3.97. The van der Waals surface area contributed by atoms with Gasteiger partial charge in [0.1, 0.15) is 11.3 Å². The normalized spacial score (nSPS) is 11.2. The Balaban J connectivity index is 3.22. The molecule has 0 radical (unpaired) electrons. The van der Waals surface area contributed by atoms with E-state index in [4.69, 9.17) is 0 Å². The maximum atomic E-state index is 11.4. The molecule has 0 amide bonds. The van der Waals surface area contributed by atoms with Crippen molar-refractivity contribution < 1.29 is 14.6 Å². The molecule has 0 fully saturated rings. The van der Waals surface area contributed by atoms with Crippen LogP contribution >= 0.6 is 15.9 Å². The van der Waals surface area contributed by atoms with E-state index in [1.807, 2.05) is 6.07 Å². The predicted octanol–water partition coefficient (Wildman–Crippen LogP) is 2.85. The van der Waals surface area contributed by atoms with Gasteiger partial charge in [0.25, 0.3) is 0 Å². The SMILES string of the molecule is COC(=O)c1cc(C(C)(C)CBr)ccc1O. The number of esters is 1. The van der Waals surface area contributed by atoms with Crippen LogP contribution in [0.25, 0.3) is 0 Å². The molecule has 0 saturated heterocycles. The van der Waals surface area contributed by atoms with Crippen molar-refractivity contribution in [3.63, 3.8) is 0 Å². The van der Waals surface area contributed by atoms with Crippen LogP contribution in [-0.4, -0.2) is 23.5 Å². The number of phenols is 1. The van der Waals surface area contributed by atoms with Gasteiger partial charge in [-0.2, -0.15) is 0 Å². The second-order valence-corrected chi connectivity index (χ2v) is 4.80. The maximum Gasteiger partial charge on any atom is 0.341 e. The number of phenolic OH excluding ortho intramolecular Hbond substituents is 1. The number of ether oxygens (including phenoxy) is 1. The summed E-state index contributed by atoms with van der Waals surface area (Å²) in [6.45, 7) is 4.10. The third-order valence-corrected chi connectivity index (χ3v) is 3.92. The van der Waals surface area contributed by atoms with Crippen LogP contribution in [0.3, 0.4) is 0 Å². The molecule has 4 heteroatoms. The summed E-state index contributed by atoms with van der Waals surface area (Å²) >= 11 is 3.43. The van der Waals surface area contributed by atoms with E-state index in [-0.39, 0.29) is 16.7 Å². The van der Waals surface area contributed by atoms with Crippen molar-refractivity contribution >= 4 is 21.9 Å². The van der Waals surface area contributed by atoms with E-state index in [1.165, 1.54) is 13.2 Å². The zero-order valence-corrected chi connectivity index (χ0v) is 11.2. The van der Waals surface area contributed by atoms with Crippen LogP contribution in [0, 0.1) is 0 Å². The van der Waals surface area contributed by atoms with Gasteiger partial charge < -0.3 is 9.84 Å². The topological polar surface area (TPSA) is 46.5 Å². The molecule has 0 aliphatic rings. The smallest absolute Gasteiger partial charge is 0.341 e. The Morgan fingerprint density at radius 2 is 2.12 bits per heavy atom. The van der Waals surface area contributed by atoms with Gasteiger partial charge in [0, 0.05) is 5.33 Å². The summed E-state index contributed by atoms with van der Waals surface area (Å²) in [6.07, 6.45) is 0. The molecular formula is C12H15BrO3. The molecule has 0 aliphatic heterocycles. The molecule has 1 aromatic rings. The molecule has 3 nitrogen and oxygen atoms in total. The van der Waals surface area contributed by atoms with Crippen molar-refractivity contribution in [3.8, 4) is 5.75 Å². The third-order valence-electron chi connectivity index (χ3n) is 2.52. The van der Waals surface area contributed by atoms with E-state index >= 15 is 0 Å². The number of methoxy groups -OCH3 is 1. The molecule has 0 unspecified atom stereocenters. The number of carbonyl (C=O) groups is 1. The van der Waals surface area contributed by atoms with Crippen LogP contribution in [0.5, 0.6) is 5.75 Å². The third kappa shape index (κ3) is 2.55. The van der Waals surface area contributed by atoms with Crippen molar-refractivity contribution in [1.29, 1.82) is 0 Å². The van der Waals surface area contributed by atoms with E-state index < -0.39 is 5.97 Å². The number of benzene rings is 1. The highest BCUT2D eigenvalue weighted by molar-refractivity contribution is 9.09. The predicted molar refractivity (Wildman–Crippen MR) is 66.3 cm³/mol. The first-order valence-corrected chi connectivity index (χ1v) is 6.02. The minimum atomic E-state index is -0.523. The summed E-state index contributed by atoms with van der Waals surface area (Å²) in [6, 6.07) is 5.00. The van der Waals surface area contributed by atoms with Crippen LogP contribution in [0.15, 0.2) is 18.2 Å². The number of hydrogen-bond donors (Lipinski definition) is 1. The van der Waals surface area contributed by atoms with Gasteiger partial charge in [0.15, 0.2) is 0 Å². The summed E-state index contributed by atoms with van der Waals surface area (Å²) in [4.78, 5) is 11.4. The number of alkyl halides is 1. The number of carbonyl (C=O) groups excluding carboxylic acids is 1. The molecular weight excluding hydrogens is 272 g/mol. The second kappa shape index (κ2) is 4.87. The Labute approximate surface area is 104 Å². The number of hydrogen-bond acceptors (Lipinski definition) is 3. The summed E-state index contributed by atoms with van der Waals surface area (Å²) in [5, 5.41) is 10.3. The Morgan fingerprint density at radius 3 is 2.62 bits per heavy atom. The standard InChI is InChI=1S/C12H15BrO3/c1-12(2,7-13)8-4-5-10(14)9(6-8)11(15)16-3/h4-6,14H,7H2,1-3H3. The van der Waals surface area contributed by atoms with Crippen molar-refractivity contribution in [3.05, 3.63) is 29.3 Å². The first-order valence-electron chi connectivity index (χ1n) is 4.90. The molecule has 0 aromatic heterocycles. The van der Waals surface area contributed by atoms with E-state index in [0.717, 1.165) is 10.9 Å². The summed E-state index contributed by atoms with van der Waals surface area (Å²) in [7, 11) is 1.30. The average Bonchev–Trinajstić information content (AvgIpc) is 2.28. The zero-order chi connectivity index (χ0) is 12.3. The lowest BCUT2D eigenvalue weighted by molar-refractivity contribution is 0.0597. The van der Waals surface area contributed by atoms with Crippen molar-refractivity contribution in [2.75, 3.05) is 12.4 Å². The lowest BCUT2D eigenvalue weighted by atomic mass is 9.86. The van der Waals surface area contributed by atoms with E-state index in [2.05, 4.69) is 34.5 Å². The number of halogens is 1. The minimum absolute atomic E-state index is 0.0547. The van der Waals surface area contributed by atoms with Gasteiger partial charge in [0.05, 0.1) is 7.11 Å². The average molecular weight is 287 g/mol. The van der Waals surface area contributed by atoms with Gasteiger partial charge in [-0.25, -0.2) is 4.79 Å². The molecule has 1 N–H and O–H groups in total. The van der Waals surface area contributed by atoms with Crippen LogP contribution in [-0.2, 0) is 10.2 Å². The van der Waals surface area contributed by atoms with Gasteiger partial charge in [0.2, 0.25) is 0 Å². The number of rotatable bonds is 3. The summed E-state index contributed by atoms with van der Waals surface area (Å²) in [5.41, 5.74) is 1.08. The number of aromatic hydroxyl groups is 1. The molecule has 0 spiro atoms.